The van der Waals surface area contributed by atoms with Crippen LogP contribution >= 0.6 is 0 Å². The van der Waals surface area contributed by atoms with E-state index in [-0.39, 0.29) is 12.6 Å². The highest BCUT2D eigenvalue weighted by atomic mass is 16.3. The molecule has 1 aliphatic heterocycles. The van der Waals surface area contributed by atoms with Crippen LogP contribution in [-0.2, 0) is 13.0 Å². The molecular formula is C17H20N2O. The molecule has 20 heavy (non-hydrogen) atoms. The summed E-state index contributed by atoms with van der Waals surface area (Å²) in [6.07, 6.45) is 1.10. The van der Waals surface area contributed by atoms with Crippen LogP contribution in [0.5, 0.6) is 0 Å². The maximum absolute atomic E-state index is 9.57. The first-order valence-corrected chi connectivity index (χ1v) is 7.12. The van der Waals surface area contributed by atoms with E-state index in [0.717, 1.165) is 25.1 Å². The van der Waals surface area contributed by atoms with Gasteiger partial charge in [-0.2, -0.15) is 0 Å². The third-order valence-corrected chi connectivity index (χ3v) is 3.86. The van der Waals surface area contributed by atoms with Crippen molar-refractivity contribution < 1.29 is 5.11 Å². The van der Waals surface area contributed by atoms with Crippen molar-refractivity contribution in [2.45, 2.75) is 19.0 Å². The standard InChI is InChI=1S/C17H20N2O/c20-12-16(13-5-2-1-3-6-13)19-11-15-8-4-7-14-9-10-18-17(14)15/h1-8,16,18-20H,9-12H2/t16-/m0/s1. The third-order valence-electron chi connectivity index (χ3n) is 3.86. The predicted molar refractivity (Wildman–Crippen MR) is 81.7 cm³/mol. The number of fused-ring (bicyclic) bond motifs is 1. The SMILES string of the molecule is OC[C@H](NCc1cccc2c1NCC2)c1ccccc1. The monoisotopic (exact) mass is 268 g/mol. The number of hydrogen-bond donors (Lipinski definition) is 3. The van der Waals surface area contributed by atoms with Crippen LogP contribution in [0.15, 0.2) is 48.5 Å². The van der Waals surface area contributed by atoms with Crippen LogP contribution < -0.4 is 10.6 Å². The van der Waals surface area contributed by atoms with Gasteiger partial charge in [0.25, 0.3) is 0 Å². The lowest BCUT2D eigenvalue weighted by Gasteiger charge is -2.18. The minimum absolute atomic E-state index is 0.0199. The van der Waals surface area contributed by atoms with Crippen LogP contribution in [0.25, 0.3) is 0 Å². The predicted octanol–water partition coefficient (Wildman–Crippen LogP) is 2.48. The Balaban J connectivity index is 1.71. The molecular weight excluding hydrogens is 248 g/mol. The number of para-hydroxylation sites is 1. The van der Waals surface area contributed by atoms with E-state index in [1.165, 1.54) is 16.8 Å². The molecule has 0 amide bonds. The second-order valence-corrected chi connectivity index (χ2v) is 5.15. The second-order valence-electron chi connectivity index (χ2n) is 5.15. The van der Waals surface area contributed by atoms with Gasteiger partial charge in [0.15, 0.2) is 0 Å². The first-order valence-electron chi connectivity index (χ1n) is 7.12. The van der Waals surface area contributed by atoms with Crippen LogP contribution in [0.3, 0.4) is 0 Å². The lowest BCUT2D eigenvalue weighted by molar-refractivity contribution is 0.243. The van der Waals surface area contributed by atoms with E-state index >= 15 is 0 Å². The van der Waals surface area contributed by atoms with E-state index < -0.39 is 0 Å². The lowest BCUT2D eigenvalue weighted by Crippen LogP contribution is -2.24. The molecule has 104 valence electrons. The van der Waals surface area contributed by atoms with Crippen molar-refractivity contribution in [1.29, 1.82) is 0 Å². The molecule has 0 aromatic heterocycles. The molecule has 3 N–H and O–H groups in total. The van der Waals surface area contributed by atoms with Gasteiger partial charge in [-0.25, -0.2) is 0 Å². The molecule has 0 radical (unpaired) electrons. The molecule has 1 atom stereocenters. The third kappa shape index (κ3) is 2.69. The summed E-state index contributed by atoms with van der Waals surface area (Å²) in [6, 6.07) is 16.5. The summed E-state index contributed by atoms with van der Waals surface area (Å²) in [5, 5.41) is 16.5. The highest BCUT2D eigenvalue weighted by molar-refractivity contribution is 5.61. The normalized spacial score (nSPS) is 14.7. The van der Waals surface area contributed by atoms with Gasteiger partial charge in [0.2, 0.25) is 0 Å². The molecule has 0 bridgehead atoms. The van der Waals surface area contributed by atoms with Crippen molar-refractivity contribution in [3.05, 3.63) is 65.2 Å². The topological polar surface area (TPSA) is 44.3 Å². The minimum Gasteiger partial charge on any atom is -0.394 e. The van der Waals surface area contributed by atoms with Crippen molar-refractivity contribution in [3.8, 4) is 0 Å². The number of aliphatic hydroxyl groups is 1. The van der Waals surface area contributed by atoms with Crippen molar-refractivity contribution in [1.82, 2.24) is 5.32 Å². The van der Waals surface area contributed by atoms with Crippen LogP contribution in [0.4, 0.5) is 5.69 Å². The van der Waals surface area contributed by atoms with Crippen LogP contribution in [0.2, 0.25) is 0 Å². The van der Waals surface area contributed by atoms with E-state index in [2.05, 4.69) is 28.8 Å². The molecule has 1 aliphatic rings. The van der Waals surface area contributed by atoms with Gasteiger partial charge in [0.05, 0.1) is 12.6 Å². The Kier molecular flexibility index (Phi) is 4.00. The summed E-state index contributed by atoms with van der Waals surface area (Å²) in [4.78, 5) is 0. The van der Waals surface area contributed by atoms with Gasteiger partial charge < -0.3 is 15.7 Å². The van der Waals surface area contributed by atoms with Gasteiger partial charge in [-0.1, -0.05) is 48.5 Å². The largest absolute Gasteiger partial charge is 0.394 e. The van der Waals surface area contributed by atoms with Gasteiger partial charge >= 0.3 is 0 Å². The molecule has 1 heterocycles. The molecule has 0 saturated heterocycles. The molecule has 3 heteroatoms. The lowest BCUT2D eigenvalue weighted by atomic mass is 10.1. The maximum atomic E-state index is 9.57. The van der Waals surface area contributed by atoms with Gasteiger partial charge in [-0.15, -0.1) is 0 Å². The Morgan fingerprint density at radius 1 is 1.10 bits per heavy atom. The van der Waals surface area contributed by atoms with E-state index in [9.17, 15) is 5.11 Å². The first kappa shape index (κ1) is 13.2. The van der Waals surface area contributed by atoms with E-state index in [4.69, 9.17) is 0 Å². The van der Waals surface area contributed by atoms with Gasteiger partial charge in [-0.05, 0) is 23.1 Å². The molecule has 2 aromatic rings. The fourth-order valence-electron chi connectivity index (χ4n) is 2.76. The molecule has 0 aliphatic carbocycles. The summed E-state index contributed by atoms with van der Waals surface area (Å²) < 4.78 is 0. The van der Waals surface area contributed by atoms with Gasteiger partial charge in [0, 0.05) is 18.8 Å². The molecule has 0 fully saturated rings. The number of nitrogens with one attached hydrogen (secondary N) is 2. The van der Waals surface area contributed by atoms with Crippen molar-refractivity contribution in [2.75, 3.05) is 18.5 Å². The van der Waals surface area contributed by atoms with Crippen molar-refractivity contribution >= 4 is 5.69 Å². The fourth-order valence-corrected chi connectivity index (χ4v) is 2.76. The molecule has 0 spiro atoms. The Hall–Kier alpha value is -1.84. The zero-order valence-electron chi connectivity index (χ0n) is 11.5. The van der Waals surface area contributed by atoms with Crippen molar-refractivity contribution in [2.24, 2.45) is 0 Å². The Bertz CT molecular complexity index is 568. The fraction of sp³-hybridized carbons (Fsp3) is 0.294. The highest BCUT2D eigenvalue weighted by Gasteiger charge is 2.15. The Morgan fingerprint density at radius 3 is 2.75 bits per heavy atom. The zero-order chi connectivity index (χ0) is 13.8. The van der Waals surface area contributed by atoms with Crippen LogP contribution in [-0.4, -0.2) is 18.3 Å². The summed E-state index contributed by atoms with van der Waals surface area (Å²) in [5.74, 6) is 0. The minimum atomic E-state index is -0.0199. The summed E-state index contributed by atoms with van der Waals surface area (Å²) in [7, 11) is 0. The smallest absolute Gasteiger partial charge is 0.0626 e. The summed E-state index contributed by atoms with van der Waals surface area (Å²) >= 11 is 0. The average molecular weight is 268 g/mol. The number of benzene rings is 2. The number of anilines is 1. The second kappa shape index (κ2) is 6.07. The van der Waals surface area contributed by atoms with Crippen molar-refractivity contribution in [3.63, 3.8) is 0 Å². The number of aliphatic hydroxyl groups excluding tert-OH is 1. The molecule has 0 saturated carbocycles. The van der Waals surface area contributed by atoms with Gasteiger partial charge in [0.1, 0.15) is 0 Å². The Labute approximate surface area is 119 Å². The maximum Gasteiger partial charge on any atom is 0.0626 e. The van der Waals surface area contributed by atoms with Crippen LogP contribution in [0, 0.1) is 0 Å². The van der Waals surface area contributed by atoms with E-state index in [0.29, 0.717) is 0 Å². The highest BCUT2D eigenvalue weighted by Crippen LogP contribution is 2.26. The zero-order valence-corrected chi connectivity index (χ0v) is 11.5. The van der Waals surface area contributed by atoms with Gasteiger partial charge in [-0.3, -0.25) is 0 Å². The number of rotatable bonds is 5. The molecule has 0 unspecified atom stereocenters. The van der Waals surface area contributed by atoms with E-state index in [1.54, 1.807) is 0 Å². The first-order chi connectivity index (χ1) is 9.88. The molecule has 3 nitrogen and oxygen atoms in total. The molecule has 2 aromatic carbocycles. The average Bonchev–Trinajstić information content (AvgIpc) is 2.98. The summed E-state index contributed by atoms with van der Waals surface area (Å²) in [6.45, 7) is 1.89. The quantitative estimate of drug-likeness (QED) is 0.780. The molecule has 3 rings (SSSR count). The summed E-state index contributed by atoms with van der Waals surface area (Å²) in [5.41, 5.74) is 5.05. The Morgan fingerprint density at radius 2 is 1.95 bits per heavy atom. The van der Waals surface area contributed by atoms with Crippen LogP contribution in [0.1, 0.15) is 22.7 Å². The number of hydrogen-bond acceptors (Lipinski definition) is 3. The van der Waals surface area contributed by atoms with E-state index in [1.807, 2.05) is 30.3 Å².